The zero-order valence-electron chi connectivity index (χ0n) is 18.7. The predicted molar refractivity (Wildman–Crippen MR) is 124 cm³/mol. The highest BCUT2D eigenvalue weighted by Gasteiger charge is 2.23. The summed E-state index contributed by atoms with van der Waals surface area (Å²) in [6, 6.07) is 13.6. The standard InChI is InChI=1S/C24H28N6O2/c1-17-4-6-20(7-5-17)32-16-24(31)30-12-10-29(11-13-30)23-15-22(26-19(3)27-23)28-21-14-18(2)8-9-25-21/h4-9,14-15H,10-13,16H2,1-3H3,(H,25,26,27,28). The van der Waals surface area contributed by atoms with Crippen molar-refractivity contribution in [2.45, 2.75) is 20.8 Å². The van der Waals surface area contributed by atoms with Crippen LogP contribution in [-0.2, 0) is 4.79 Å². The number of nitrogens with one attached hydrogen (secondary N) is 1. The summed E-state index contributed by atoms with van der Waals surface area (Å²) in [7, 11) is 0. The number of carbonyl (C=O) groups excluding carboxylic acids is 1. The van der Waals surface area contributed by atoms with Gasteiger partial charge in [0.1, 0.15) is 29.0 Å². The number of nitrogens with zero attached hydrogens (tertiary/aromatic N) is 5. The van der Waals surface area contributed by atoms with E-state index in [9.17, 15) is 4.79 Å². The van der Waals surface area contributed by atoms with E-state index in [0.717, 1.165) is 22.8 Å². The molecule has 8 nitrogen and oxygen atoms in total. The molecule has 2 aromatic heterocycles. The molecule has 1 N–H and O–H groups in total. The van der Waals surface area contributed by atoms with Crippen molar-refractivity contribution in [3.63, 3.8) is 0 Å². The van der Waals surface area contributed by atoms with Gasteiger partial charge in [-0.05, 0) is 50.6 Å². The number of rotatable bonds is 6. The SMILES string of the molecule is Cc1ccc(OCC(=O)N2CCN(c3cc(Nc4cc(C)ccn4)nc(C)n3)CC2)cc1. The average molecular weight is 433 g/mol. The van der Waals surface area contributed by atoms with Gasteiger partial charge in [-0.3, -0.25) is 4.79 Å². The summed E-state index contributed by atoms with van der Waals surface area (Å²) in [6.45, 7) is 8.63. The minimum absolute atomic E-state index is 0.00281. The second-order valence-electron chi connectivity index (χ2n) is 7.97. The molecule has 166 valence electrons. The number of ether oxygens (including phenoxy) is 1. The number of anilines is 3. The predicted octanol–water partition coefficient (Wildman–Crippen LogP) is 3.27. The van der Waals surface area contributed by atoms with Crippen LogP contribution in [0, 0.1) is 20.8 Å². The highest BCUT2D eigenvalue weighted by Crippen LogP contribution is 2.21. The van der Waals surface area contributed by atoms with Gasteiger partial charge in [0.2, 0.25) is 0 Å². The lowest BCUT2D eigenvalue weighted by Gasteiger charge is -2.35. The van der Waals surface area contributed by atoms with E-state index in [1.165, 1.54) is 0 Å². The molecule has 1 amide bonds. The molecule has 1 aliphatic heterocycles. The third kappa shape index (κ3) is 5.51. The Kier molecular flexibility index (Phi) is 6.49. The Balaban J connectivity index is 1.33. The monoisotopic (exact) mass is 432 g/mol. The van der Waals surface area contributed by atoms with Crippen LogP contribution in [0.25, 0.3) is 0 Å². The van der Waals surface area contributed by atoms with Crippen molar-refractivity contribution in [2.75, 3.05) is 43.0 Å². The van der Waals surface area contributed by atoms with E-state index in [1.54, 1.807) is 6.20 Å². The Morgan fingerprint density at radius 1 is 0.938 bits per heavy atom. The van der Waals surface area contributed by atoms with Gasteiger partial charge in [-0.1, -0.05) is 17.7 Å². The lowest BCUT2D eigenvalue weighted by atomic mass is 10.2. The van der Waals surface area contributed by atoms with Crippen molar-refractivity contribution >= 4 is 23.4 Å². The van der Waals surface area contributed by atoms with Gasteiger partial charge in [-0.15, -0.1) is 0 Å². The Morgan fingerprint density at radius 3 is 2.41 bits per heavy atom. The van der Waals surface area contributed by atoms with Crippen molar-refractivity contribution in [1.29, 1.82) is 0 Å². The molecule has 32 heavy (non-hydrogen) atoms. The molecular formula is C24H28N6O2. The van der Waals surface area contributed by atoms with Crippen molar-refractivity contribution in [3.8, 4) is 5.75 Å². The zero-order chi connectivity index (χ0) is 22.5. The second-order valence-corrected chi connectivity index (χ2v) is 7.97. The molecule has 3 heterocycles. The number of amides is 1. The first-order chi connectivity index (χ1) is 15.5. The maximum atomic E-state index is 12.6. The van der Waals surface area contributed by atoms with Gasteiger partial charge in [-0.25, -0.2) is 15.0 Å². The Hall–Kier alpha value is -3.68. The van der Waals surface area contributed by atoms with Crippen LogP contribution in [0.2, 0.25) is 0 Å². The number of hydrogen-bond acceptors (Lipinski definition) is 7. The number of aryl methyl sites for hydroxylation is 3. The fourth-order valence-electron chi connectivity index (χ4n) is 3.57. The van der Waals surface area contributed by atoms with E-state index in [4.69, 9.17) is 4.74 Å². The maximum absolute atomic E-state index is 12.6. The van der Waals surface area contributed by atoms with Gasteiger partial charge >= 0.3 is 0 Å². The largest absolute Gasteiger partial charge is 0.484 e. The minimum Gasteiger partial charge on any atom is -0.484 e. The van der Waals surface area contributed by atoms with Crippen LogP contribution in [-0.4, -0.2) is 58.5 Å². The van der Waals surface area contributed by atoms with Crippen LogP contribution >= 0.6 is 0 Å². The molecule has 1 fully saturated rings. The van der Waals surface area contributed by atoms with E-state index < -0.39 is 0 Å². The molecule has 0 spiro atoms. The summed E-state index contributed by atoms with van der Waals surface area (Å²) < 4.78 is 5.64. The van der Waals surface area contributed by atoms with Crippen LogP contribution in [0.15, 0.2) is 48.7 Å². The molecule has 1 saturated heterocycles. The molecule has 0 radical (unpaired) electrons. The molecule has 0 bridgehead atoms. The van der Waals surface area contributed by atoms with Gasteiger partial charge in [0.05, 0.1) is 0 Å². The van der Waals surface area contributed by atoms with Crippen LogP contribution in [0.4, 0.5) is 17.5 Å². The second kappa shape index (κ2) is 9.64. The van der Waals surface area contributed by atoms with Crippen LogP contribution < -0.4 is 15.0 Å². The number of carbonyl (C=O) groups is 1. The summed E-state index contributed by atoms with van der Waals surface area (Å²) in [4.78, 5) is 30.0. The van der Waals surface area contributed by atoms with E-state index in [0.29, 0.717) is 43.6 Å². The summed E-state index contributed by atoms with van der Waals surface area (Å²) in [5.74, 6) is 3.69. The smallest absolute Gasteiger partial charge is 0.260 e. The highest BCUT2D eigenvalue weighted by molar-refractivity contribution is 5.78. The van der Waals surface area contributed by atoms with Crippen molar-refractivity contribution < 1.29 is 9.53 Å². The van der Waals surface area contributed by atoms with Crippen LogP contribution in [0.1, 0.15) is 17.0 Å². The summed E-state index contributed by atoms with van der Waals surface area (Å²) >= 11 is 0. The summed E-state index contributed by atoms with van der Waals surface area (Å²) in [6.07, 6.45) is 1.77. The number of hydrogen-bond donors (Lipinski definition) is 1. The highest BCUT2D eigenvalue weighted by atomic mass is 16.5. The van der Waals surface area contributed by atoms with Gasteiger partial charge in [0.15, 0.2) is 6.61 Å². The first kappa shape index (κ1) is 21.5. The van der Waals surface area contributed by atoms with Crippen molar-refractivity contribution in [2.24, 2.45) is 0 Å². The number of benzene rings is 1. The quantitative estimate of drug-likeness (QED) is 0.640. The van der Waals surface area contributed by atoms with E-state index in [2.05, 4.69) is 25.2 Å². The molecule has 0 atom stereocenters. The van der Waals surface area contributed by atoms with Gasteiger partial charge in [0, 0.05) is 38.4 Å². The number of pyridine rings is 1. The van der Waals surface area contributed by atoms with E-state index in [-0.39, 0.29) is 12.5 Å². The Morgan fingerprint density at radius 2 is 1.69 bits per heavy atom. The van der Waals surface area contributed by atoms with Crippen molar-refractivity contribution in [1.82, 2.24) is 19.9 Å². The number of aromatic nitrogens is 3. The Labute approximate surface area is 188 Å². The molecule has 0 saturated carbocycles. The lowest BCUT2D eigenvalue weighted by Crippen LogP contribution is -2.50. The molecule has 1 aliphatic rings. The van der Waals surface area contributed by atoms with Crippen molar-refractivity contribution in [3.05, 3.63) is 65.6 Å². The normalized spacial score (nSPS) is 13.7. The average Bonchev–Trinajstić information content (AvgIpc) is 2.78. The van der Waals surface area contributed by atoms with Gasteiger partial charge in [0.25, 0.3) is 5.91 Å². The van der Waals surface area contributed by atoms with Crippen LogP contribution in [0.5, 0.6) is 5.75 Å². The number of piperazine rings is 1. The molecule has 4 rings (SSSR count). The van der Waals surface area contributed by atoms with Gasteiger partial charge < -0.3 is 19.9 Å². The van der Waals surface area contributed by atoms with Gasteiger partial charge in [-0.2, -0.15) is 0 Å². The molecule has 1 aromatic carbocycles. The maximum Gasteiger partial charge on any atom is 0.260 e. The molecular weight excluding hydrogens is 404 g/mol. The summed E-state index contributed by atoms with van der Waals surface area (Å²) in [5.41, 5.74) is 2.29. The third-order valence-corrected chi connectivity index (χ3v) is 5.34. The summed E-state index contributed by atoms with van der Waals surface area (Å²) in [5, 5.41) is 3.26. The molecule has 0 unspecified atom stereocenters. The van der Waals surface area contributed by atoms with E-state index >= 15 is 0 Å². The first-order valence-electron chi connectivity index (χ1n) is 10.7. The molecule has 0 aliphatic carbocycles. The lowest BCUT2D eigenvalue weighted by molar-refractivity contribution is -0.133. The molecule has 3 aromatic rings. The Bertz CT molecular complexity index is 1080. The zero-order valence-corrected chi connectivity index (χ0v) is 18.7. The van der Waals surface area contributed by atoms with E-state index in [1.807, 2.05) is 68.1 Å². The van der Waals surface area contributed by atoms with Crippen LogP contribution in [0.3, 0.4) is 0 Å². The molecule has 8 heteroatoms. The fraction of sp³-hybridized carbons (Fsp3) is 0.333. The minimum atomic E-state index is -0.00281. The third-order valence-electron chi connectivity index (χ3n) is 5.34. The fourth-order valence-corrected chi connectivity index (χ4v) is 3.57. The topological polar surface area (TPSA) is 83.5 Å². The first-order valence-corrected chi connectivity index (χ1v) is 10.7.